The van der Waals surface area contributed by atoms with Gasteiger partial charge in [-0.15, -0.1) is 6.58 Å². The highest BCUT2D eigenvalue weighted by Gasteiger charge is 2.32. The second-order valence-electron chi connectivity index (χ2n) is 5.32. The van der Waals surface area contributed by atoms with Crippen molar-refractivity contribution in [3.63, 3.8) is 0 Å². The molecule has 1 saturated heterocycles. The Labute approximate surface area is 152 Å². The Balaban J connectivity index is 1.87. The summed E-state index contributed by atoms with van der Waals surface area (Å²) in [7, 11) is 0. The predicted octanol–water partition coefficient (Wildman–Crippen LogP) is 3.59. The van der Waals surface area contributed by atoms with Crippen molar-refractivity contribution in [3.05, 3.63) is 69.6 Å². The molecule has 2 heterocycles. The van der Waals surface area contributed by atoms with Gasteiger partial charge in [0.25, 0.3) is 11.6 Å². The summed E-state index contributed by atoms with van der Waals surface area (Å²) in [5.74, 6) is 0.205. The molecular formula is C17H12ClN3O5. The third-order valence-corrected chi connectivity index (χ3v) is 3.93. The van der Waals surface area contributed by atoms with E-state index in [2.05, 4.69) is 11.9 Å². The number of carbonyl (C=O) groups is 2. The highest BCUT2D eigenvalue weighted by Crippen LogP contribution is 2.32. The summed E-state index contributed by atoms with van der Waals surface area (Å²) >= 11 is 6.08. The Morgan fingerprint density at radius 2 is 2.08 bits per heavy atom. The van der Waals surface area contributed by atoms with Gasteiger partial charge in [-0.25, -0.2) is 4.79 Å². The summed E-state index contributed by atoms with van der Waals surface area (Å²) in [5, 5.41) is 13.4. The smallest absolute Gasteiger partial charge is 0.329 e. The van der Waals surface area contributed by atoms with Crippen LogP contribution in [0.25, 0.3) is 17.4 Å². The standard InChI is InChI=1S/C17H12ClN3O5/c1-2-7-20-16(22)14(19-17(20)23)9-11-4-6-15(26-11)12-5-3-10(21(24)25)8-13(12)18/h2-6,8-9H,1,7H2,(H,19,23)/b14-9+. The largest absolute Gasteiger partial charge is 0.457 e. The predicted molar refractivity (Wildman–Crippen MR) is 94.2 cm³/mol. The molecule has 1 aliphatic heterocycles. The van der Waals surface area contributed by atoms with Gasteiger partial charge in [0.15, 0.2) is 0 Å². The first-order valence-electron chi connectivity index (χ1n) is 7.40. The van der Waals surface area contributed by atoms with E-state index in [0.29, 0.717) is 17.1 Å². The normalized spacial score (nSPS) is 15.4. The van der Waals surface area contributed by atoms with Crippen molar-refractivity contribution in [3.8, 4) is 11.3 Å². The molecule has 0 spiro atoms. The lowest BCUT2D eigenvalue weighted by Gasteiger charge is -2.06. The Kier molecular flexibility index (Phi) is 4.59. The van der Waals surface area contributed by atoms with Crippen LogP contribution >= 0.6 is 11.6 Å². The van der Waals surface area contributed by atoms with E-state index in [1.54, 1.807) is 12.1 Å². The van der Waals surface area contributed by atoms with E-state index in [1.165, 1.54) is 30.4 Å². The lowest BCUT2D eigenvalue weighted by Crippen LogP contribution is -2.30. The van der Waals surface area contributed by atoms with E-state index in [1.807, 2.05) is 0 Å². The number of hydrogen-bond donors (Lipinski definition) is 1. The zero-order valence-corrected chi connectivity index (χ0v) is 14.0. The van der Waals surface area contributed by atoms with Crippen molar-refractivity contribution in [1.82, 2.24) is 10.2 Å². The number of non-ortho nitro benzene ring substituents is 1. The van der Waals surface area contributed by atoms with Crippen LogP contribution in [0.3, 0.4) is 0 Å². The topological polar surface area (TPSA) is 106 Å². The SMILES string of the molecule is C=CCN1C(=O)N/C(=C/c2ccc(-c3ccc([N+](=O)[O-])cc3Cl)o2)C1=O. The number of benzene rings is 1. The van der Waals surface area contributed by atoms with Gasteiger partial charge in [-0.05, 0) is 18.2 Å². The number of urea groups is 1. The third kappa shape index (κ3) is 3.22. The number of nitrogens with zero attached hydrogens (tertiary/aromatic N) is 2. The molecule has 3 amide bonds. The molecule has 0 bridgehead atoms. The first kappa shape index (κ1) is 17.4. The minimum Gasteiger partial charge on any atom is -0.457 e. The molecule has 26 heavy (non-hydrogen) atoms. The number of carbonyl (C=O) groups excluding carboxylic acids is 2. The third-order valence-electron chi connectivity index (χ3n) is 3.62. The molecule has 1 N–H and O–H groups in total. The molecule has 1 aromatic carbocycles. The molecule has 1 fully saturated rings. The molecule has 0 aliphatic carbocycles. The van der Waals surface area contributed by atoms with E-state index in [-0.39, 0.29) is 23.0 Å². The molecule has 0 atom stereocenters. The minimum atomic E-state index is -0.545. The van der Waals surface area contributed by atoms with E-state index in [4.69, 9.17) is 16.0 Å². The number of nitro benzene ring substituents is 1. The van der Waals surface area contributed by atoms with Crippen LogP contribution in [0, 0.1) is 10.1 Å². The van der Waals surface area contributed by atoms with Crippen molar-refractivity contribution >= 4 is 35.3 Å². The first-order valence-corrected chi connectivity index (χ1v) is 7.78. The van der Waals surface area contributed by atoms with Crippen molar-refractivity contribution < 1.29 is 18.9 Å². The molecular weight excluding hydrogens is 362 g/mol. The van der Waals surface area contributed by atoms with E-state index in [9.17, 15) is 19.7 Å². The van der Waals surface area contributed by atoms with E-state index >= 15 is 0 Å². The van der Waals surface area contributed by atoms with Crippen LogP contribution in [-0.4, -0.2) is 28.3 Å². The molecule has 1 aromatic heterocycles. The zero-order chi connectivity index (χ0) is 18.8. The number of nitro groups is 1. The summed E-state index contributed by atoms with van der Waals surface area (Å²) in [4.78, 5) is 35.1. The molecule has 0 unspecified atom stereocenters. The second kappa shape index (κ2) is 6.85. The van der Waals surface area contributed by atoms with Gasteiger partial charge in [0.05, 0.1) is 9.95 Å². The average Bonchev–Trinajstić information content (AvgIpc) is 3.15. The zero-order valence-electron chi connectivity index (χ0n) is 13.3. The minimum absolute atomic E-state index is 0.0764. The summed E-state index contributed by atoms with van der Waals surface area (Å²) < 4.78 is 5.62. The fraction of sp³-hybridized carbons (Fsp3) is 0.0588. The quantitative estimate of drug-likeness (QED) is 0.283. The van der Waals surface area contributed by atoms with Gasteiger partial charge in [0.1, 0.15) is 17.2 Å². The second-order valence-corrected chi connectivity index (χ2v) is 5.72. The monoisotopic (exact) mass is 373 g/mol. The van der Waals surface area contributed by atoms with Crippen molar-refractivity contribution in [1.29, 1.82) is 0 Å². The van der Waals surface area contributed by atoms with Crippen LogP contribution in [-0.2, 0) is 4.79 Å². The molecule has 132 valence electrons. The van der Waals surface area contributed by atoms with Gasteiger partial charge >= 0.3 is 6.03 Å². The molecule has 1 aliphatic rings. The maximum absolute atomic E-state index is 12.1. The molecule has 2 aromatic rings. The summed E-state index contributed by atoms with van der Waals surface area (Å²) in [5.41, 5.74) is 0.416. The average molecular weight is 374 g/mol. The van der Waals surface area contributed by atoms with Crippen LogP contribution in [0.4, 0.5) is 10.5 Å². The van der Waals surface area contributed by atoms with Gasteiger partial charge in [0, 0.05) is 30.3 Å². The lowest BCUT2D eigenvalue weighted by molar-refractivity contribution is -0.384. The van der Waals surface area contributed by atoms with Gasteiger partial charge in [-0.1, -0.05) is 17.7 Å². The van der Waals surface area contributed by atoms with Crippen LogP contribution in [0.5, 0.6) is 0 Å². The van der Waals surface area contributed by atoms with Gasteiger partial charge in [0.2, 0.25) is 0 Å². The molecule has 3 rings (SSSR count). The van der Waals surface area contributed by atoms with Gasteiger partial charge in [-0.3, -0.25) is 19.8 Å². The Bertz CT molecular complexity index is 963. The van der Waals surface area contributed by atoms with Crippen LogP contribution in [0.2, 0.25) is 5.02 Å². The molecule has 8 nitrogen and oxygen atoms in total. The maximum Gasteiger partial charge on any atom is 0.329 e. The number of amides is 3. The number of nitrogens with one attached hydrogen (secondary N) is 1. The number of halogens is 1. The molecule has 0 radical (unpaired) electrons. The maximum atomic E-state index is 12.1. The van der Waals surface area contributed by atoms with Crippen LogP contribution < -0.4 is 5.32 Å². The summed E-state index contributed by atoms with van der Waals surface area (Å²) in [6, 6.07) is 6.69. The number of furan rings is 1. The van der Waals surface area contributed by atoms with Gasteiger partial charge < -0.3 is 9.73 Å². The highest BCUT2D eigenvalue weighted by atomic mass is 35.5. The first-order chi connectivity index (χ1) is 12.4. The van der Waals surface area contributed by atoms with Crippen LogP contribution in [0.1, 0.15) is 5.76 Å². The van der Waals surface area contributed by atoms with Crippen molar-refractivity contribution in [2.45, 2.75) is 0 Å². The van der Waals surface area contributed by atoms with E-state index in [0.717, 1.165) is 4.90 Å². The van der Waals surface area contributed by atoms with Crippen LogP contribution in [0.15, 0.2) is 53.1 Å². The fourth-order valence-corrected chi connectivity index (χ4v) is 2.67. The number of rotatable bonds is 5. The van der Waals surface area contributed by atoms with E-state index < -0.39 is 16.9 Å². The number of imide groups is 1. The molecule has 9 heteroatoms. The Hall–Kier alpha value is -3.39. The van der Waals surface area contributed by atoms with Crippen molar-refractivity contribution in [2.24, 2.45) is 0 Å². The summed E-state index contributed by atoms with van der Waals surface area (Å²) in [6.07, 6.45) is 2.84. The summed E-state index contributed by atoms with van der Waals surface area (Å²) in [6.45, 7) is 3.60. The lowest BCUT2D eigenvalue weighted by atomic mass is 10.1. The number of hydrogen-bond acceptors (Lipinski definition) is 5. The van der Waals surface area contributed by atoms with Gasteiger partial charge in [-0.2, -0.15) is 0 Å². The highest BCUT2D eigenvalue weighted by molar-refractivity contribution is 6.33. The molecule has 0 saturated carbocycles. The Morgan fingerprint density at radius 3 is 2.73 bits per heavy atom. The Morgan fingerprint density at radius 1 is 1.31 bits per heavy atom. The fourth-order valence-electron chi connectivity index (χ4n) is 2.40. The van der Waals surface area contributed by atoms with Crippen molar-refractivity contribution in [2.75, 3.05) is 6.54 Å².